The van der Waals surface area contributed by atoms with Gasteiger partial charge >= 0.3 is 0 Å². The molecule has 2 N–H and O–H groups in total. The summed E-state index contributed by atoms with van der Waals surface area (Å²) in [7, 11) is 1.94. The van der Waals surface area contributed by atoms with Gasteiger partial charge < -0.3 is 10.3 Å². The van der Waals surface area contributed by atoms with E-state index in [1.54, 1.807) is 0 Å². The van der Waals surface area contributed by atoms with E-state index >= 15 is 0 Å². The number of imidazole rings is 2. The van der Waals surface area contributed by atoms with Gasteiger partial charge in [-0.15, -0.1) is 0 Å². The van der Waals surface area contributed by atoms with Crippen LogP contribution in [0.2, 0.25) is 0 Å². The van der Waals surface area contributed by atoms with Crippen LogP contribution in [0.3, 0.4) is 0 Å². The molecule has 4 nitrogen and oxygen atoms in total. The van der Waals surface area contributed by atoms with E-state index in [4.69, 9.17) is 0 Å². The predicted molar refractivity (Wildman–Crippen MR) is 69.2 cm³/mol. The Kier molecular flexibility index (Phi) is 2.37. The van der Waals surface area contributed by atoms with Crippen LogP contribution in [0.4, 0.5) is 0 Å². The number of aryl methyl sites for hydroxylation is 1. The highest BCUT2D eigenvalue weighted by Crippen LogP contribution is 2.18. The molecule has 0 bridgehead atoms. The van der Waals surface area contributed by atoms with Crippen LogP contribution >= 0.6 is 0 Å². The van der Waals surface area contributed by atoms with Gasteiger partial charge in [-0.2, -0.15) is 0 Å². The Hall–Kier alpha value is -1.81. The summed E-state index contributed by atoms with van der Waals surface area (Å²) < 4.78 is 2.11. The Morgan fingerprint density at radius 1 is 1.41 bits per heavy atom. The molecule has 0 saturated heterocycles. The number of benzene rings is 1. The van der Waals surface area contributed by atoms with Gasteiger partial charge in [0.15, 0.2) is 0 Å². The molecule has 0 aliphatic heterocycles. The quantitative estimate of drug-likeness (QED) is 0.721. The molecule has 0 aliphatic carbocycles. The summed E-state index contributed by atoms with van der Waals surface area (Å²) in [5.74, 6) is 0.915. The van der Waals surface area contributed by atoms with Crippen molar-refractivity contribution in [3.63, 3.8) is 0 Å². The van der Waals surface area contributed by atoms with Crippen molar-refractivity contribution in [3.8, 4) is 0 Å². The highest BCUT2D eigenvalue weighted by molar-refractivity contribution is 5.80. The zero-order valence-corrected chi connectivity index (χ0v) is 10.1. The molecule has 0 amide bonds. The smallest absolute Gasteiger partial charge is 0.212 e. The van der Waals surface area contributed by atoms with Gasteiger partial charge in [-0.25, -0.2) is 4.98 Å². The molecule has 88 valence electrons. The number of aromatic amines is 1. The van der Waals surface area contributed by atoms with Gasteiger partial charge in [0, 0.05) is 18.4 Å². The van der Waals surface area contributed by atoms with Crippen LogP contribution in [-0.4, -0.2) is 21.4 Å². The monoisotopic (exact) mass is 228 g/mol. The van der Waals surface area contributed by atoms with Crippen LogP contribution < -0.4 is 5.32 Å². The molecule has 0 radical (unpaired) electrons. The van der Waals surface area contributed by atoms with Gasteiger partial charge in [0.2, 0.25) is 5.78 Å². The maximum absolute atomic E-state index is 4.61. The molecule has 0 aliphatic rings. The molecular formula is C13H16N4. The lowest BCUT2D eigenvalue weighted by molar-refractivity contribution is 0.797. The Balaban J connectivity index is 2.19. The molecule has 0 unspecified atom stereocenters. The fourth-order valence-corrected chi connectivity index (χ4v) is 2.20. The second-order valence-corrected chi connectivity index (χ2v) is 4.29. The minimum absolute atomic E-state index is 0.831. The lowest BCUT2D eigenvalue weighted by Gasteiger charge is -1.96. The molecule has 1 aromatic carbocycles. The van der Waals surface area contributed by atoms with Crippen molar-refractivity contribution >= 4 is 16.8 Å². The molecule has 0 atom stereocenters. The summed E-state index contributed by atoms with van der Waals surface area (Å²) >= 11 is 0. The van der Waals surface area contributed by atoms with Gasteiger partial charge in [0.1, 0.15) is 0 Å². The molecular weight excluding hydrogens is 212 g/mol. The number of aromatic nitrogens is 3. The summed E-state index contributed by atoms with van der Waals surface area (Å²) in [6.07, 6.45) is 3.15. The largest absolute Gasteiger partial charge is 0.326 e. The minimum Gasteiger partial charge on any atom is -0.326 e. The minimum atomic E-state index is 0.831. The van der Waals surface area contributed by atoms with E-state index in [1.807, 2.05) is 7.05 Å². The fourth-order valence-electron chi connectivity index (χ4n) is 2.20. The van der Waals surface area contributed by atoms with E-state index in [0.29, 0.717) is 0 Å². The Morgan fingerprint density at radius 3 is 3.06 bits per heavy atom. The maximum Gasteiger partial charge on any atom is 0.212 e. The highest BCUT2D eigenvalue weighted by Gasteiger charge is 2.07. The zero-order valence-electron chi connectivity index (χ0n) is 10.1. The van der Waals surface area contributed by atoms with Crippen molar-refractivity contribution < 1.29 is 0 Å². The molecule has 2 aromatic heterocycles. The maximum atomic E-state index is 4.61. The van der Waals surface area contributed by atoms with Gasteiger partial charge in [0.25, 0.3) is 0 Å². The third-order valence-corrected chi connectivity index (χ3v) is 3.09. The lowest BCUT2D eigenvalue weighted by Crippen LogP contribution is -2.04. The van der Waals surface area contributed by atoms with Crippen molar-refractivity contribution in [2.75, 3.05) is 7.05 Å². The van der Waals surface area contributed by atoms with Crippen molar-refractivity contribution in [3.05, 3.63) is 35.7 Å². The Bertz CT molecular complexity index is 662. The molecule has 4 heteroatoms. The Morgan fingerprint density at radius 2 is 2.29 bits per heavy atom. The van der Waals surface area contributed by atoms with E-state index in [-0.39, 0.29) is 0 Å². The SMILES string of the molecule is CCc1ccc2c(c1)nc1[nH]c(CNC)cn12. The number of rotatable bonds is 3. The normalized spacial score (nSPS) is 11.6. The zero-order chi connectivity index (χ0) is 11.8. The van der Waals surface area contributed by atoms with Gasteiger partial charge in [0.05, 0.1) is 11.0 Å². The second kappa shape index (κ2) is 3.89. The Labute approximate surface area is 99.7 Å². The molecule has 3 aromatic rings. The van der Waals surface area contributed by atoms with E-state index < -0.39 is 0 Å². The predicted octanol–water partition coefficient (Wildman–Crippen LogP) is 2.10. The van der Waals surface area contributed by atoms with Gasteiger partial charge in [-0.3, -0.25) is 4.40 Å². The summed E-state index contributed by atoms with van der Waals surface area (Å²) in [5, 5.41) is 3.13. The van der Waals surface area contributed by atoms with Crippen LogP contribution in [-0.2, 0) is 13.0 Å². The molecule has 2 heterocycles. The first kappa shape index (κ1) is 10.4. The van der Waals surface area contributed by atoms with E-state index in [1.165, 1.54) is 5.56 Å². The van der Waals surface area contributed by atoms with Crippen molar-refractivity contribution in [2.45, 2.75) is 19.9 Å². The average molecular weight is 228 g/mol. The molecule has 0 spiro atoms. The molecule has 0 saturated carbocycles. The van der Waals surface area contributed by atoms with E-state index in [2.05, 4.69) is 51.0 Å². The second-order valence-electron chi connectivity index (χ2n) is 4.29. The van der Waals surface area contributed by atoms with Gasteiger partial charge in [-0.05, 0) is 31.2 Å². The number of H-pyrrole nitrogens is 1. The van der Waals surface area contributed by atoms with E-state index in [9.17, 15) is 0 Å². The summed E-state index contributed by atoms with van der Waals surface area (Å²) in [4.78, 5) is 7.92. The van der Waals surface area contributed by atoms with Crippen molar-refractivity contribution in [2.24, 2.45) is 0 Å². The van der Waals surface area contributed by atoms with Crippen molar-refractivity contribution in [1.82, 2.24) is 19.7 Å². The van der Waals surface area contributed by atoms with Crippen LogP contribution in [0.25, 0.3) is 16.8 Å². The third-order valence-electron chi connectivity index (χ3n) is 3.09. The molecule has 0 fully saturated rings. The topological polar surface area (TPSA) is 45.1 Å². The number of nitrogens with zero attached hydrogens (tertiary/aromatic N) is 2. The highest BCUT2D eigenvalue weighted by atomic mass is 15.1. The first-order chi connectivity index (χ1) is 8.31. The first-order valence-electron chi connectivity index (χ1n) is 5.95. The fraction of sp³-hybridized carbons (Fsp3) is 0.308. The summed E-state index contributed by atoms with van der Waals surface area (Å²) in [5.41, 5.74) is 4.70. The third kappa shape index (κ3) is 1.61. The first-order valence-corrected chi connectivity index (χ1v) is 5.95. The standard InChI is InChI=1S/C13H16N4/c1-3-9-4-5-12-11(6-9)16-13-15-10(7-14-2)8-17(12)13/h4-6,8,14H,3,7H2,1-2H3,(H,15,16). The van der Waals surface area contributed by atoms with Gasteiger partial charge in [-0.1, -0.05) is 13.0 Å². The molecule has 3 rings (SSSR count). The number of hydrogen-bond acceptors (Lipinski definition) is 2. The number of hydrogen-bond donors (Lipinski definition) is 2. The lowest BCUT2D eigenvalue weighted by atomic mass is 10.1. The van der Waals surface area contributed by atoms with Crippen LogP contribution in [0.1, 0.15) is 18.2 Å². The average Bonchev–Trinajstić information content (AvgIpc) is 2.85. The number of fused-ring (bicyclic) bond motifs is 3. The van der Waals surface area contributed by atoms with E-state index in [0.717, 1.165) is 35.5 Å². The van der Waals surface area contributed by atoms with Crippen LogP contribution in [0, 0.1) is 0 Å². The van der Waals surface area contributed by atoms with Crippen molar-refractivity contribution in [1.29, 1.82) is 0 Å². The molecule has 17 heavy (non-hydrogen) atoms. The number of nitrogens with one attached hydrogen (secondary N) is 2. The van der Waals surface area contributed by atoms with Crippen LogP contribution in [0.15, 0.2) is 24.4 Å². The van der Waals surface area contributed by atoms with Crippen LogP contribution in [0.5, 0.6) is 0 Å². The summed E-state index contributed by atoms with van der Waals surface area (Å²) in [6.45, 7) is 2.99. The summed E-state index contributed by atoms with van der Waals surface area (Å²) in [6, 6.07) is 6.47.